The molecule has 3 N–H and O–H groups in total. The Morgan fingerprint density at radius 2 is 1.69 bits per heavy atom. The smallest absolute Gasteiger partial charge is 0.262 e. The normalized spacial score (nSPS) is 11.8. The highest BCUT2D eigenvalue weighted by atomic mass is 32.2. The third-order valence-corrected chi connectivity index (χ3v) is 5.53. The minimum atomic E-state index is -0.529. The number of anilines is 2. The molecule has 10 heteroatoms. The molecule has 0 aliphatic rings. The van der Waals surface area contributed by atoms with Gasteiger partial charge in [0, 0.05) is 18.3 Å². The molecule has 1 atom stereocenters. The van der Waals surface area contributed by atoms with Crippen molar-refractivity contribution in [3.05, 3.63) is 71.1 Å². The van der Waals surface area contributed by atoms with Crippen LogP contribution in [0.3, 0.4) is 0 Å². The van der Waals surface area contributed by atoms with Crippen molar-refractivity contribution in [2.75, 3.05) is 10.6 Å². The summed E-state index contributed by atoms with van der Waals surface area (Å²) < 4.78 is 1.59. The third kappa shape index (κ3) is 4.70. The maximum atomic E-state index is 12.6. The van der Waals surface area contributed by atoms with Crippen LogP contribution in [-0.4, -0.2) is 36.8 Å². The van der Waals surface area contributed by atoms with E-state index in [1.54, 1.807) is 35.9 Å². The maximum absolute atomic E-state index is 12.6. The highest BCUT2D eigenvalue weighted by Crippen LogP contribution is 2.23. The van der Waals surface area contributed by atoms with Gasteiger partial charge in [-0.3, -0.25) is 14.4 Å². The van der Waals surface area contributed by atoms with Crippen molar-refractivity contribution in [2.45, 2.75) is 24.3 Å². The lowest BCUT2D eigenvalue weighted by Gasteiger charge is -2.12. The summed E-state index contributed by atoms with van der Waals surface area (Å²) in [7, 11) is 0. The number of thioether (sulfide) groups is 1. The number of benzene rings is 2. The lowest BCUT2D eigenvalue weighted by molar-refractivity contribution is -0.115. The number of aromatic amines is 1. The molecule has 0 aliphatic carbocycles. The molecular weight excluding hydrogens is 428 g/mol. The number of carbonyl (C=O) groups is 2. The van der Waals surface area contributed by atoms with Crippen LogP contribution in [0.4, 0.5) is 11.4 Å². The van der Waals surface area contributed by atoms with Crippen molar-refractivity contribution in [3.8, 4) is 5.69 Å². The molecule has 0 spiro atoms. The zero-order valence-corrected chi connectivity index (χ0v) is 18.1. The molecule has 0 saturated carbocycles. The molecule has 0 unspecified atom stereocenters. The maximum Gasteiger partial charge on any atom is 0.262 e. The third-order valence-electron chi connectivity index (χ3n) is 4.55. The fraction of sp³-hybridized carbons (Fsp3) is 0.136. The first kappa shape index (κ1) is 21.3. The number of nitrogens with one attached hydrogen (secondary N) is 3. The SMILES string of the molecule is CC(=O)Nc1ccc(NC(=O)[C@@H](C)Sc2nc3c(cnn3-c3ccccc3)c(=O)[nH]2)cc1. The first-order valence-corrected chi connectivity index (χ1v) is 10.7. The molecule has 2 amide bonds. The zero-order valence-electron chi connectivity index (χ0n) is 17.3. The number of hydrogen-bond acceptors (Lipinski definition) is 6. The van der Waals surface area contributed by atoms with Crippen LogP contribution in [0.2, 0.25) is 0 Å². The summed E-state index contributed by atoms with van der Waals surface area (Å²) in [6.45, 7) is 3.15. The van der Waals surface area contributed by atoms with Crippen LogP contribution in [-0.2, 0) is 9.59 Å². The molecule has 9 nitrogen and oxygen atoms in total. The Hall–Kier alpha value is -3.92. The molecule has 0 aliphatic heterocycles. The summed E-state index contributed by atoms with van der Waals surface area (Å²) in [5.74, 6) is -0.416. The summed E-state index contributed by atoms with van der Waals surface area (Å²) in [6, 6.07) is 16.2. The van der Waals surface area contributed by atoms with Crippen molar-refractivity contribution >= 4 is 46.0 Å². The van der Waals surface area contributed by atoms with Crippen molar-refractivity contribution in [2.24, 2.45) is 0 Å². The number of hydrogen-bond donors (Lipinski definition) is 3. The molecule has 0 radical (unpaired) electrons. The zero-order chi connectivity index (χ0) is 22.7. The van der Waals surface area contributed by atoms with Crippen molar-refractivity contribution < 1.29 is 9.59 Å². The molecule has 2 aromatic carbocycles. The second kappa shape index (κ2) is 9.06. The van der Waals surface area contributed by atoms with Crippen molar-refractivity contribution in [1.82, 2.24) is 19.7 Å². The lowest BCUT2D eigenvalue weighted by atomic mass is 10.2. The quantitative estimate of drug-likeness (QED) is 0.308. The molecule has 0 bridgehead atoms. The van der Waals surface area contributed by atoms with Crippen molar-refractivity contribution in [3.63, 3.8) is 0 Å². The van der Waals surface area contributed by atoms with Crippen LogP contribution >= 0.6 is 11.8 Å². The monoisotopic (exact) mass is 448 g/mol. The van der Waals surface area contributed by atoms with Gasteiger partial charge in [-0.15, -0.1) is 0 Å². The van der Waals surface area contributed by atoms with Crippen LogP contribution in [0.15, 0.2) is 70.7 Å². The van der Waals surface area contributed by atoms with E-state index in [-0.39, 0.29) is 17.4 Å². The largest absolute Gasteiger partial charge is 0.326 e. The number of fused-ring (bicyclic) bond motifs is 1. The van der Waals surface area contributed by atoms with Gasteiger partial charge in [0.15, 0.2) is 10.8 Å². The fourth-order valence-electron chi connectivity index (χ4n) is 3.02. The van der Waals surface area contributed by atoms with E-state index in [4.69, 9.17) is 0 Å². The number of nitrogens with zero attached hydrogens (tertiary/aromatic N) is 3. The van der Waals surface area contributed by atoms with E-state index in [1.807, 2.05) is 30.3 Å². The first-order valence-electron chi connectivity index (χ1n) is 9.79. The van der Waals surface area contributed by atoms with E-state index in [9.17, 15) is 14.4 Å². The molecule has 2 heterocycles. The second-order valence-corrected chi connectivity index (χ2v) is 8.34. The number of para-hydroxylation sites is 1. The van der Waals surface area contributed by atoms with Gasteiger partial charge in [-0.1, -0.05) is 30.0 Å². The number of amides is 2. The van der Waals surface area contributed by atoms with Gasteiger partial charge in [-0.25, -0.2) is 9.67 Å². The lowest BCUT2D eigenvalue weighted by Crippen LogP contribution is -2.23. The number of H-pyrrole nitrogens is 1. The van der Waals surface area contributed by atoms with Gasteiger partial charge in [0.1, 0.15) is 5.39 Å². The van der Waals surface area contributed by atoms with E-state index >= 15 is 0 Å². The molecule has 0 saturated heterocycles. The summed E-state index contributed by atoms with van der Waals surface area (Å²) in [6.07, 6.45) is 1.48. The fourth-order valence-corrected chi connectivity index (χ4v) is 3.81. The number of rotatable bonds is 6. The molecule has 4 aromatic rings. The Labute approximate surface area is 187 Å². The van der Waals surface area contributed by atoms with Gasteiger partial charge in [-0.2, -0.15) is 5.10 Å². The van der Waals surface area contributed by atoms with Crippen LogP contribution < -0.4 is 16.2 Å². The van der Waals surface area contributed by atoms with Gasteiger partial charge in [0.05, 0.1) is 17.1 Å². The van der Waals surface area contributed by atoms with Gasteiger partial charge in [0.2, 0.25) is 11.8 Å². The molecule has 4 rings (SSSR count). The van der Waals surface area contributed by atoms with Gasteiger partial charge >= 0.3 is 0 Å². The molecule has 32 heavy (non-hydrogen) atoms. The Kier molecular flexibility index (Phi) is 6.04. The predicted molar refractivity (Wildman–Crippen MR) is 124 cm³/mol. The van der Waals surface area contributed by atoms with E-state index < -0.39 is 5.25 Å². The average Bonchev–Trinajstić information content (AvgIpc) is 3.20. The molecule has 0 fully saturated rings. The Bertz CT molecular complexity index is 1330. The Morgan fingerprint density at radius 1 is 1.03 bits per heavy atom. The number of aromatic nitrogens is 4. The van der Waals surface area contributed by atoms with E-state index in [0.717, 1.165) is 17.4 Å². The van der Waals surface area contributed by atoms with Crippen LogP contribution in [0.5, 0.6) is 0 Å². The van der Waals surface area contributed by atoms with E-state index in [2.05, 4.69) is 25.7 Å². The van der Waals surface area contributed by atoms with Gasteiger partial charge in [-0.05, 0) is 43.3 Å². The molecular formula is C22H20N6O3S. The van der Waals surface area contributed by atoms with E-state index in [0.29, 0.717) is 27.6 Å². The first-order chi connectivity index (χ1) is 15.4. The molecule has 162 valence electrons. The van der Waals surface area contributed by atoms with Gasteiger partial charge < -0.3 is 15.6 Å². The highest BCUT2D eigenvalue weighted by Gasteiger charge is 2.18. The summed E-state index contributed by atoms with van der Waals surface area (Å²) in [5.41, 5.74) is 2.12. The minimum absolute atomic E-state index is 0.168. The summed E-state index contributed by atoms with van der Waals surface area (Å²) in [5, 5.41) is 9.93. The minimum Gasteiger partial charge on any atom is -0.326 e. The van der Waals surface area contributed by atoms with Crippen LogP contribution in [0, 0.1) is 0 Å². The standard InChI is InChI=1S/C22H20N6O3S/c1-13(20(30)25-16-10-8-15(9-11-16)24-14(2)29)32-22-26-19-18(21(31)27-22)12-23-28(19)17-6-4-3-5-7-17/h3-13H,1-2H3,(H,24,29)(H,25,30)(H,26,27,31)/t13-/m1/s1. The Balaban J connectivity index is 1.50. The number of carbonyl (C=O) groups excluding carboxylic acids is 2. The summed E-state index contributed by atoms with van der Waals surface area (Å²) in [4.78, 5) is 43.5. The predicted octanol–water partition coefficient (Wildman–Crippen LogP) is 3.19. The Morgan fingerprint density at radius 3 is 2.34 bits per heavy atom. The second-order valence-electron chi connectivity index (χ2n) is 7.01. The van der Waals surface area contributed by atoms with E-state index in [1.165, 1.54) is 13.1 Å². The summed E-state index contributed by atoms with van der Waals surface area (Å²) >= 11 is 1.14. The van der Waals surface area contributed by atoms with Crippen LogP contribution in [0.25, 0.3) is 16.7 Å². The topological polar surface area (TPSA) is 122 Å². The van der Waals surface area contributed by atoms with Gasteiger partial charge in [0.25, 0.3) is 5.56 Å². The van der Waals surface area contributed by atoms with Crippen LogP contribution in [0.1, 0.15) is 13.8 Å². The highest BCUT2D eigenvalue weighted by molar-refractivity contribution is 8.00. The molecule has 2 aromatic heterocycles. The van der Waals surface area contributed by atoms with Crippen molar-refractivity contribution in [1.29, 1.82) is 0 Å². The average molecular weight is 449 g/mol.